The smallest absolute Gasteiger partial charge is 0.222 e. The van der Waals surface area contributed by atoms with Crippen LogP contribution in [0.5, 0.6) is 5.75 Å². The third kappa shape index (κ3) is 8.54. The van der Waals surface area contributed by atoms with Crippen molar-refractivity contribution in [1.82, 2.24) is 9.80 Å². The molecule has 2 aromatic rings. The Labute approximate surface area is 197 Å². The molecule has 3 rings (SSSR count). The van der Waals surface area contributed by atoms with Gasteiger partial charge in [0.05, 0.1) is 13.7 Å². The molecule has 1 saturated heterocycles. The van der Waals surface area contributed by atoms with Gasteiger partial charge in [0.25, 0.3) is 0 Å². The Kier molecular flexibility index (Phi) is 10.2. The van der Waals surface area contributed by atoms with Gasteiger partial charge in [-0.2, -0.15) is 0 Å². The lowest BCUT2D eigenvalue weighted by molar-refractivity contribution is -0.133. The van der Waals surface area contributed by atoms with E-state index in [-0.39, 0.29) is 11.8 Å². The summed E-state index contributed by atoms with van der Waals surface area (Å²) in [5.41, 5.74) is 2.39. The quantitative estimate of drug-likeness (QED) is 0.488. The van der Waals surface area contributed by atoms with Crippen LogP contribution >= 0.6 is 0 Å². The molecule has 0 radical (unpaired) electrons. The molecule has 33 heavy (non-hydrogen) atoms. The van der Waals surface area contributed by atoms with E-state index in [9.17, 15) is 9.59 Å². The van der Waals surface area contributed by atoms with Gasteiger partial charge in [-0.15, -0.1) is 0 Å². The first-order valence-corrected chi connectivity index (χ1v) is 12.0. The molecule has 0 aromatic heterocycles. The van der Waals surface area contributed by atoms with E-state index in [0.717, 1.165) is 37.1 Å². The molecule has 6 nitrogen and oxygen atoms in total. The lowest BCUT2D eigenvalue weighted by atomic mass is 10.1. The molecule has 2 amide bonds. The molecular weight excluding hydrogens is 416 g/mol. The van der Waals surface area contributed by atoms with Crippen LogP contribution in [0.2, 0.25) is 0 Å². The Hall–Kier alpha value is -2.86. The second-order valence-electron chi connectivity index (χ2n) is 8.41. The van der Waals surface area contributed by atoms with Crippen LogP contribution < -0.4 is 4.74 Å². The highest BCUT2D eigenvalue weighted by Gasteiger charge is 2.21. The first kappa shape index (κ1) is 24.8. The molecule has 1 heterocycles. The highest BCUT2D eigenvalue weighted by Crippen LogP contribution is 2.14. The Morgan fingerprint density at radius 1 is 0.758 bits per heavy atom. The van der Waals surface area contributed by atoms with Gasteiger partial charge in [0, 0.05) is 45.6 Å². The van der Waals surface area contributed by atoms with E-state index in [2.05, 4.69) is 12.1 Å². The van der Waals surface area contributed by atoms with Crippen LogP contribution in [0.15, 0.2) is 54.6 Å². The maximum absolute atomic E-state index is 12.7. The zero-order valence-corrected chi connectivity index (χ0v) is 19.7. The van der Waals surface area contributed by atoms with Crippen LogP contribution in [0.25, 0.3) is 0 Å². The zero-order chi connectivity index (χ0) is 23.3. The molecule has 1 fully saturated rings. The molecule has 1 aliphatic rings. The van der Waals surface area contributed by atoms with Gasteiger partial charge < -0.3 is 19.3 Å². The molecule has 178 valence electrons. The molecule has 0 spiro atoms. The highest BCUT2D eigenvalue weighted by atomic mass is 16.5. The molecule has 0 N–H and O–H groups in total. The predicted molar refractivity (Wildman–Crippen MR) is 129 cm³/mol. The van der Waals surface area contributed by atoms with Crippen molar-refractivity contribution in [3.05, 3.63) is 65.7 Å². The fourth-order valence-corrected chi connectivity index (χ4v) is 4.04. The highest BCUT2D eigenvalue weighted by molar-refractivity contribution is 5.78. The van der Waals surface area contributed by atoms with E-state index in [1.165, 1.54) is 5.56 Å². The average Bonchev–Trinajstić information content (AvgIpc) is 3.12. The second kappa shape index (κ2) is 13.6. The Morgan fingerprint density at radius 2 is 1.39 bits per heavy atom. The van der Waals surface area contributed by atoms with Crippen LogP contribution in [-0.4, -0.2) is 68.1 Å². The molecule has 0 bridgehead atoms. The van der Waals surface area contributed by atoms with Gasteiger partial charge >= 0.3 is 0 Å². The van der Waals surface area contributed by atoms with Crippen molar-refractivity contribution < 1.29 is 19.1 Å². The molecule has 0 atom stereocenters. The second-order valence-corrected chi connectivity index (χ2v) is 8.41. The molecule has 0 saturated carbocycles. The number of ether oxygens (including phenoxy) is 2. The number of carbonyl (C=O) groups excluding carboxylic acids is 2. The van der Waals surface area contributed by atoms with Crippen LogP contribution in [-0.2, 0) is 27.2 Å². The van der Waals surface area contributed by atoms with Gasteiger partial charge in [-0.05, 0) is 48.9 Å². The van der Waals surface area contributed by atoms with E-state index in [4.69, 9.17) is 9.47 Å². The maximum atomic E-state index is 12.7. The number of methoxy groups -OCH3 is 1. The first-order chi connectivity index (χ1) is 16.2. The summed E-state index contributed by atoms with van der Waals surface area (Å²) < 4.78 is 10.9. The fraction of sp³-hybridized carbons (Fsp3) is 0.481. The molecule has 6 heteroatoms. The third-order valence-corrected chi connectivity index (χ3v) is 6.05. The van der Waals surface area contributed by atoms with Crippen molar-refractivity contribution in [1.29, 1.82) is 0 Å². The number of rotatable bonds is 11. The van der Waals surface area contributed by atoms with Gasteiger partial charge in [-0.3, -0.25) is 9.59 Å². The molecule has 0 aliphatic carbocycles. The number of hydrogen-bond donors (Lipinski definition) is 0. The summed E-state index contributed by atoms with van der Waals surface area (Å²) in [7, 11) is 1.65. The van der Waals surface area contributed by atoms with Gasteiger partial charge in [-0.1, -0.05) is 42.5 Å². The normalized spacial score (nSPS) is 14.1. The van der Waals surface area contributed by atoms with Crippen LogP contribution in [0.4, 0.5) is 0 Å². The van der Waals surface area contributed by atoms with Crippen molar-refractivity contribution in [2.24, 2.45) is 0 Å². The predicted octanol–water partition coefficient (Wildman–Crippen LogP) is 3.73. The SMILES string of the molecule is COc1ccc(CCC(=O)N2CCCN(C(=O)CCCOCCc3ccccc3)CC2)cc1. The van der Waals surface area contributed by atoms with Crippen molar-refractivity contribution >= 4 is 11.8 Å². The summed E-state index contributed by atoms with van der Waals surface area (Å²) in [6.07, 6.45) is 4.15. The van der Waals surface area contributed by atoms with Gasteiger partial charge in [0.2, 0.25) is 11.8 Å². The van der Waals surface area contributed by atoms with E-state index < -0.39 is 0 Å². The Morgan fingerprint density at radius 3 is 2.06 bits per heavy atom. The first-order valence-electron chi connectivity index (χ1n) is 12.0. The number of hydrogen-bond acceptors (Lipinski definition) is 4. The lowest BCUT2D eigenvalue weighted by Crippen LogP contribution is -2.37. The summed E-state index contributed by atoms with van der Waals surface area (Å²) in [4.78, 5) is 29.1. The summed E-state index contributed by atoms with van der Waals surface area (Å²) >= 11 is 0. The molecule has 0 unspecified atom stereocenters. The van der Waals surface area contributed by atoms with E-state index in [1.54, 1.807) is 7.11 Å². The number of carbonyl (C=O) groups is 2. The number of nitrogens with zero attached hydrogens (tertiary/aromatic N) is 2. The molecule has 1 aliphatic heterocycles. The molecule has 2 aromatic carbocycles. The number of amides is 2. The van der Waals surface area contributed by atoms with E-state index >= 15 is 0 Å². The monoisotopic (exact) mass is 452 g/mol. The minimum Gasteiger partial charge on any atom is -0.497 e. The summed E-state index contributed by atoms with van der Waals surface area (Å²) in [5.74, 6) is 1.14. The summed E-state index contributed by atoms with van der Waals surface area (Å²) in [6.45, 7) is 3.93. The van der Waals surface area contributed by atoms with Gasteiger partial charge in [0.15, 0.2) is 0 Å². The number of aryl methyl sites for hydroxylation is 1. The summed E-state index contributed by atoms with van der Waals surface area (Å²) in [6, 6.07) is 18.1. The van der Waals surface area contributed by atoms with Crippen LogP contribution in [0.1, 0.15) is 36.8 Å². The Bertz CT molecular complexity index is 854. The van der Waals surface area contributed by atoms with Gasteiger partial charge in [-0.25, -0.2) is 0 Å². The fourth-order valence-electron chi connectivity index (χ4n) is 4.04. The average molecular weight is 453 g/mol. The maximum Gasteiger partial charge on any atom is 0.222 e. The largest absolute Gasteiger partial charge is 0.497 e. The lowest BCUT2D eigenvalue weighted by Gasteiger charge is -2.22. The Balaban J connectivity index is 1.30. The van der Waals surface area contributed by atoms with Crippen molar-refractivity contribution in [2.45, 2.75) is 38.5 Å². The van der Waals surface area contributed by atoms with Crippen LogP contribution in [0, 0.1) is 0 Å². The topological polar surface area (TPSA) is 59.1 Å². The van der Waals surface area contributed by atoms with Crippen molar-refractivity contribution in [2.75, 3.05) is 46.5 Å². The standard InChI is InChI=1S/C27H36N2O4/c1-32-25-13-10-24(11-14-25)12-15-27(31)29-18-6-17-28(19-20-29)26(30)9-5-21-33-22-16-23-7-3-2-4-8-23/h2-4,7-8,10-11,13-14H,5-6,9,12,15-22H2,1H3. The summed E-state index contributed by atoms with van der Waals surface area (Å²) in [5, 5.41) is 0. The van der Waals surface area contributed by atoms with E-state index in [0.29, 0.717) is 52.1 Å². The van der Waals surface area contributed by atoms with Crippen molar-refractivity contribution in [3.63, 3.8) is 0 Å². The van der Waals surface area contributed by atoms with Crippen molar-refractivity contribution in [3.8, 4) is 5.75 Å². The minimum absolute atomic E-state index is 0.159. The minimum atomic E-state index is 0.159. The number of benzene rings is 2. The third-order valence-electron chi connectivity index (χ3n) is 6.05. The zero-order valence-electron chi connectivity index (χ0n) is 19.7. The van der Waals surface area contributed by atoms with E-state index in [1.807, 2.05) is 52.3 Å². The van der Waals surface area contributed by atoms with Crippen LogP contribution in [0.3, 0.4) is 0 Å². The molecular formula is C27H36N2O4. The van der Waals surface area contributed by atoms with Gasteiger partial charge in [0.1, 0.15) is 5.75 Å².